The van der Waals surface area contributed by atoms with Crippen molar-refractivity contribution in [3.8, 4) is 0 Å². The second kappa shape index (κ2) is 3.44. The predicted molar refractivity (Wildman–Crippen MR) is 74.3 cm³/mol. The highest BCUT2D eigenvalue weighted by atomic mass is 32.2. The molecule has 1 spiro atoms. The maximum absolute atomic E-state index is 11.6. The van der Waals surface area contributed by atoms with Gasteiger partial charge in [0.25, 0.3) is 0 Å². The minimum atomic E-state index is -0.162. The summed E-state index contributed by atoms with van der Waals surface area (Å²) in [6, 6.07) is 0.284. The van der Waals surface area contributed by atoms with Crippen molar-refractivity contribution in [2.45, 2.75) is 54.7 Å². The summed E-state index contributed by atoms with van der Waals surface area (Å²) in [5, 5.41) is 6.06. The number of urea groups is 1. The smallest absolute Gasteiger partial charge is 0.315 e. The first-order valence-electron chi connectivity index (χ1n) is 6.96. The first-order valence-corrected chi connectivity index (χ1v) is 7.94. The fourth-order valence-corrected chi connectivity index (χ4v) is 7.11. The number of nitrogens with one attached hydrogen (secondary N) is 2. The Morgan fingerprint density at radius 1 is 1.50 bits per heavy atom. The van der Waals surface area contributed by atoms with Crippen LogP contribution >= 0.6 is 11.8 Å². The Balaban J connectivity index is 1.61. The summed E-state index contributed by atoms with van der Waals surface area (Å²) in [6.45, 7) is 4.37. The average Bonchev–Trinajstić information content (AvgIpc) is 2.68. The van der Waals surface area contributed by atoms with Crippen LogP contribution in [0.5, 0.6) is 0 Å². The topological polar surface area (TPSA) is 70.4 Å². The third kappa shape index (κ3) is 1.18. The van der Waals surface area contributed by atoms with Gasteiger partial charge in [-0.1, -0.05) is 0 Å². The van der Waals surface area contributed by atoms with E-state index in [0.29, 0.717) is 6.42 Å². The lowest BCUT2D eigenvalue weighted by atomic mass is 9.78. The van der Waals surface area contributed by atoms with Gasteiger partial charge in [-0.25, -0.2) is 4.79 Å². The van der Waals surface area contributed by atoms with Crippen molar-refractivity contribution in [3.05, 3.63) is 0 Å². The van der Waals surface area contributed by atoms with Crippen LogP contribution in [0.2, 0.25) is 0 Å². The van der Waals surface area contributed by atoms with Crippen LogP contribution in [-0.4, -0.2) is 57.8 Å². The van der Waals surface area contributed by atoms with Crippen molar-refractivity contribution >= 4 is 23.8 Å². The van der Waals surface area contributed by atoms with E-state index in [2.05, 4.69) is 29.4 Å². The Bertz CT molecular complexity index is 529. The van der Waals surface area contributed by atoms with E-state index in [0.717, 1.165) is 12.2 Å². The Kier molecular flexibility index (Phi) is 2.20. The van der Waals surface area contributed by atoms with E-state index < -0.39 is 0 Å². The molecule has 0 aliphatic carbocycles. The number of rotatable bonds is 2. The van der Waals surface area contributed by atoms with E-state index in [9.17, 15) is 9.59 Å². The quantitative estimate of drug-likeness (QED) is 0.435. The zero-order valence-corrected chi connectivity index (χ0v) is 12.7. The highest BCUT2D eigenvalue weighted by Gasteiger charge is 2.89. The van der Waals surface area contributed by atoms with Gasteiger partial charge in [-0.2, -0.15) is 0 Å². The monoisotopic (exact) mass is 297 g/mol. The molecule has 20 heavy (non-hydrogen) atoms. The second-order valence-corrected chi connectivity index (χ2v) is 7.99. The Morgan fingerprint density at radius 2 is 2.25 bits per heavy atom. The molecule has 0 aromatic heterocycles. The molecule has 0 bridgehead atoms. The standard InChI is InChI=1S/C13H19N3O3S/c1-11(4-8(17)19-3)6-12(2)13(16(11)12)9-7(5-20-13)14-10(18)15-9/h7,9H,4-6H2,1-3H3,(H2,14,15,18). The molecule has 4 heterocycles. The van der Waals surface area contributed by atoms with Gasteiger partial charge < -0.3 is 15.4 Å². The van der Waals surface area contributed by atoms with Crippen LogP contribution in [0.25, 0.3) is 0 Å². The van der Waals surface area contributed by atoms with Crippen molar-refractivity contribution in [2.75, 3.05) is 12.9 Å². The Hall–Kier alpha value is -0.950. The number of fused-ring (bicyclic) bond motifs is 5. The first kappa shape index (κ1) is 12.8. The highest BCUT2D eigenvalue weighted by Crippen LogP contribution is 2.77. The number of amides is 2. The molecule has 0 aromatic rings. The molecular weight excluding hydrogens is 278 g/mol. The van der Waals surface area contributed by atoms with Gasteiger partial charge >= 0.3 is 12.0 Å². The van der Waals surface area contributed by atoms with E-state index >= 15 is 0 Å². The number of carbonyl (C=O) groups excluding carboxylic acids is 2. The lowest BCUT2D eigenvalue weighted by Crippen LogP contribution is -2.52. The maximum Gasteiger partial charge on any atom is 0.315 e. The first-order chi connectivity index (χ1) is 9.37. The normalized spacial score (nSPS) is 54.5. The summed E-state index contributed by atoms with van der Waals surface area (Å²) in [7, 11) is 1.43. The largest absolute Gasteiger partial charge is 0.469 e. The minimum absolute atomic E-state index is 0.0421. The highest BCUT2D eigenvalue weighted by molar-refractivity contribution is 8.01. The number of nitrogens with zero attached hydrogens (tertiary/aromatic N) is 1. The number of hydrogen-bond donors (Lipinski definition) is 2. The van der Waals surface area contributed by atoms with Crippen LogP contribution in [-0.2, 0) is 9.53 Å². The molecule has 4 aliphatic rings. The van der Waals surface area contributed by atoms with Gasteiger partial charge in [0.2, 0.25) is 0 Å². The summed E-state index contributed by atoms with van der Waals surface area (Å²) >= 11 is 1.92. The molecule has 6 unspecified atom stereocenters. The Labute approximate surface area is 122 Å². The molecule has 0 aromatic carbocycles. The number of hydrogen-bond acceptors (Lipinski definition) is 5. The second-order valence-electron chi connectivity index (χ2n) is 6.75. The van der Waals surface area contributed by atoms with Crippen molar-refractivity contribution in [1.82, 2.24) is 15.5 Å². The van der Waals surface area contributed by atoms with Crippen molar-refractivity contribution in [1.29, 1.82) is 0 Å². The zero-order valence-electron chi connectivity index (χ0n) is 11.9. The maximum atomic E-state index is 11.6. The third-order valence-corrected chi connectivity index (χ3v) is 7.32. The molecule has 0 saturated carbocycles. The molecule has 7 heteroatoms. The van der Waals surface area contributed by atoms with Gasteiger partial charge in [0.05, 0.1) is 31.2 Å². The summed E-state index contributed by atoms with van der Waals surface area (Å²) in [6.07, 6.45) is 1.39. The molecule has 6 atom stereocenters. The number of methoxy groups -OCH3 is 1. The molecule has 110 valence electrons. The predicted octanol–water partition coefficient (Wildman–Crippen LogP) is 0.279. The van der Waals surface area contributed by atoms with Gasteiger partial charge in [-0.3, -0.25) is 9.69 Å². The van der Waals surface area contributed by atoms with Crippen LogP contribution in [0.1, 0.15) is 26.7 Å². The number of ether oxygens (including phenoxy) is 1. The molecule has 6 nitrogen and oxygen atoms in total. The average molecular weight is 297 g/mol. The van der Waals surface area contributed by atoms with E-state index in [1.165, 1.54) is 7.11 Å². The molecule has 4 rings (SSSR count). The van der Waals surface area contributed by atoms with Crippen molar-refractivity contribution < 1.29 is 14.3 Å². The number of thioether (sulfide) groups is 1. The van der Waals surface area contributed by atoms with E-state index in [1.807, 2.05) is 11.8 Å². The summed E-state index contributed by atoms with van der Waals surface area (Å²) < 4.78 is 4.82. The lowest BCUT2D eigenvalue weighted by molar-refractivity contribution is -0.144. The SMILES string of the molecule is COC(=O)CC1(C)CC2(C)N1C21SCC2NC(=O)NC21. The third-order valence-electron chi connectivity index (χ3n) is 5.48. The fourth-order valence-electron chi connectivity index (χ4n) is 5.01. The van der Waals surface area contributed by atoms with Crippen LogP contribution in [0.4, 0.5) is 4.79 Å². The molecule has 4 aliphatic heterocycles. The van der Waals surface area contributed by atoms with Crippen molar-refractivity contribution in [3.63, 3.8) is 0 Å². The van der Waals surface area contributed by atoms with Crippen LogP contribution in [0.15, 0.2) is 0 Å². The molecule has 4 saturated heterocycles. The fraction of sp³-hybridized carbons (Fsp3) is 0.846. The molecular formula is C13H19N3O3S. The Morgan fingerprint density at radius 3 is 2.95 bits per heavy atom. The van der Waals surface area contributed by atoms with Crippen LogP contribution in [0, 0.1) is 0 Å². The van der Waals surface area contributed by atoms with Gasteiger partial charge in [0, 0.05) is 11.3 Å². The molecule has 2 amide bonds. The van der Waals surface area contributed by atoms with E-state index in [4.69, 9.17) is 4.74 Å². The van der Waals surface area contributed by atoms with Crippen LogP contribution < -0.4 is 10.6 Å². The van der Waals surface area contributed by atoms with Gasteiger partial charge in [0.1, 0.15) is 4.87 Å². The molecule has 0 radical (unpaired) electrons. The van der Waals surface area contributed by atoms with Gasteiger partial charge in [-0.15, -0.1) is 11.8 Å². The number of esters is 1. The lowest BCUT2D eigenvalue weighted by Gasteiger charge is -2.43. The summed E-state index contributed by atoms with van der Waals surface area (Å²) in [5.74, 6) is 0.772. The van der Waals surface area contributed by atoms with Gasteiger partial charge in [0.15, 0.2) is 0 Å². The zero-order chi connectivity index (χ0) is 14.3. The summed E-state index contributed by atoms with van der Waals surface area (Å²) in [5.41, 5.74) is -0.0454. The van der Waals surface area contributed by atoms with Crippen LogP contribution in [0.3, 0.4) is 0 Å². The summed E-state index contributed by atoms with van der Waals surface area (Å²) in [4.78, 5) is 25.6. The molecule has 4 fully saturated rings. The molecule has 2 N–H and O–H groups in total. The van der Waals surface area contributed by atoms with Gasteiger partial charge in [-0.05, 0) is 20.3 Å². The number of carbonyl (C=O) groups is 2. The van der Waals surface area contributed by atoms with E-state index in [-0.39, 0.29) is 40.0 Å². The van der Waals surface area contributed by atoms with Crippen molar-refractivity contribution in [2.24, 2.45) is 0 Å². The van der Waals surface area contributed by atoms with E-state index in [1.54, 1.807) is 0 Å². The minimum Gasteiger partial charge on any atom is -0.469 e.